The van der Waals surface area contributed by atoms with Crippen LogP contribution in [0.2, 0.25) is 0 Å². The van der Waals surface area contributed by atoms with Crippen molar-refractivity contribution >= 4 is 16.6 Å². The standard InChI is InChI=1S/C29H33N3O2/c1-22-29(28(33)21-30-15-17-31(18-16-30)24-11-7-4-8-12-24)26-19-25(34-2)13-14-27(26)32(22)20-23-9-5-3-6-10-23/h3-14,19,28,33H,15-18,20-21H2,1-2H3. The Morgan fingerprint density at radius 2 is 1.56 bits per heavy atom. The number of ether oxygens (including phenoxy) is 1. The van der Waals surface area contributed by atoms with Crippen molar-refractivity contribution in [1.82, 2.24) is 9.47 Å². The van der Waals surface area contributed by atoms with Crippen LogP contribution in [0, 0.1) is 6.92 Å². The van der Waals surface area contributed by atoms with E-state index in [-0.39, 0.29) is 0 Å². The molecular weight excluding hydrogens is 422 g/mol. The summed E-state index contributed by atoms with van der Waals surface area (Å²) < 4.78 is 7.84. The molecule has 4 aromatic rings. The maximum absolute atomic E-state index is 11.5. The molecule has 0 spiro atoms. The van der Waals surface area contributed by atoms with Gasteiger partial charge in [-0.3, -0.25) is 4.90 Å². The van der Waals surface area contributed by atoms with E-state index in [1.807, 2.05) is 12.1 Å². The maximum atomic E-state index is 11.5. The number of para-hydroxylation sites is 1. The SMILES string of the molecule is COc1ccc2c(c1)c(C(O)CN1CCN(c3ccccc3)CC1)c(C)n2Cc1ccccc1. The fraction of sp³-hybridized carbons (Fsp3) is 0.310. The minimum absolute atomic E-state index is 0.560. The predicted molar refractivity (Wildman–Crippen MR) is 139 cm³/mol. The number of benzene rings is 3. The van der Waals surface area contributed by atoms with Crippen LogP contribution in [0.4, 0.5) is 5.69 Å². The van der Waals surface area contributed by atoms with Crippen molar-refractivity contribution in [2.75, 3.05) is 44.7 Å². The van der Waals surface area contributed by atoms with Crippen LogP contribution in [0.15, 0.2) is 78.9 Å². The van der Waals surface area contributed by atoms with Crippen LogP contribution in [-0.4, -0.2) is 54.4 Å². The molecule has 1 saturated heterocycles. The summed E-state index contributed by atoms with van der Waals surface area (Å²) in [6.07, 6.45) is -0.560. The Morgan fingerprint density at radius 1 is 0.882 bits per heavy atom. The molecule has 1 aliphatic heterocycles. The number of hydrogen-bond donors (Lipinski definition) is 1. The summed E-state index contributed by atoms with van der Waals surface area (Å²) in [6, 6.07) is 27.2. The number of hydrogen-bond acceptors (Lipinski definition) is 4. The molecule has 0 radical (unpaired) electrons. The third kappa shape index (κ3) is 4.54. The highest BCUT2D eigenvalue weighted by Gasteiger charge is 2.25. The van der Waals surface area contributed by atoms with Crippen LogP contribution in [0.3, 0.4) is 0 Å². The van der Waals surface area contributed by atoms with E-state index in [1.165, 1.54) is 11.3 Å². The molecule has 0 aliphatic carbocycles. The van der Waals surface area contributed by atoms with Gasteiger partial charge in [-0.1, -0.05) is 48.5 Å². The molecule has 5 heteroatoms. The Balaban J connectivity index is 1.38. The highest BCUT2D eigenvalue weighted by molar-refractivity contribution is 5.87. The Bertz CT molecular complexity index is 1230. The van der Waals surface area contributed by atoms with Crippen molar-refractivity contribution < 1.29 is 9.84 Å². The van der Waals surface area contributed by atoms with Crippen LogP contribution >= 0.6 is 0 Å². The molecule has 0 amide bonds. The van der Waals surface area contributed by atoms with Gasteiger partial charge in [0.05, 0.1) is 13.2 Å². The fourth-order valence-electron chi connectivity index (χ4n) is 5.17. The first kappa shape index (κ1) is 22.5. The van der Waals surface area contributed by atoms with Gasteiger partial charge in [0.25, 0.3) is 0 Å². The molecule has 34 heavy (non-hydrogen) atoms. The second kappa shape index (κ2) is 9.92. The Morgan fingerprint density at radius 3 is 2.24 bits per heavy atom. The monoisotopic (exact) mass is 455 g/mol. The van der Waals surface area contributed by atoms with Gasteiger partial charge in [-0.05, 0) is 42.8 Å². The number of β-amino-alcohol motifs (C(OH)–C–C–N with tert-alkyl or cyclic N) is 1. The summed E-state index contributed by atoms with van der Waals surface area (Å²) in [5.41, 5.74) is 5.77. The quantitative estimate of drug-likeness (QED) is 0.432. The van der Waals surface area contributed by atoms with E-state index in [4.69, 9.17) is 4.74 Å². The van der Waals surface area contributed by atoms with E-state index >= 15 is 0 Å². The third-order valence-electron chi connectivity index (χ3n) is 7.02. The molecule has 1 aliphatic rings. The molecule has 2 heterocycles. The molecule has 1 fully saturated rings. The average molecular weight is 456 g/mol. The molecule has 0 saturated carbocycles. The van der Waals surface area contributed by atoms with E-state index < -0.39 is 6.10 Å². The maximum Gasteiger partial charge on any atom is 0.119 e. The molecule has 1 N–H and O–H groups in total. The number of aliphatic hydroxyl groups is 1. The molecular formula is C29H33N3O2. The lowest BCUT2D eigenvalue weighted by atomic mass is 10.0. The molecule has 176 valence electrons. The van der Waals surface area contributed by atoms with Gasteiger partial charge in [0.2, 0.25) is 0 Å². The number of fused-ring (bicyclic) bond motifs is 1. The first-order valence-corrected chi connectivity index (χ1v) is 12.0. The molecule has 5 nitrogen and oxygen atoms in total. The minimum Gasteiger partial charge on any atom is -0.497 e. The van der Waals surface area contributed by atoms with Gasteiger partial charge in [-0.2, -0.15) is 0 Å². The van der Waals surface area contributed by atoms with Crippen molar-refractivity contribution in [2.24, 2.45) is 0 Å². The highest BCUT2D eigenvalue weighted by atomic mass is 16.5. The average Bonchev–Trinajstić information content (AvgIpc) is 3.16. The van der Waals surface area contributed by atoms with Gasteiger partial charge in [0, 0.05) is 67.1 Å². The van der Waals surface area contributed by atoms with Crippen LogP contribution in [-0.2, 0) is 6.54 Å². The molecule has 5 rings (SSSR count). The number of nitrogens with zero attached hydrogens (tertiary/aromatic N) is 3. The van der Waals surface area contributed by atoms with Crippen molar-refractivity contribution in [3.05, 3.63) is 95.7 Å². The highest BCUT2D eigenvalue weighted by Crippen LogP contribution is 2.34. The summed E-state index contributed by atoms with van der Waals surface area (Å²) in [5, 5.41) is 12.5. The zero-order valence-corrected chi connectivity index (χ0v) is 20.0. The van der Waals surface area contributed by atoms with Gasteiger partial charge >= 0.3 is 0 Å². The number of rotatable bonds is 7. The van der Waals surface area contributed by atoms with Crippen molar-refractivity contribution in [2.45, 2.75) is 19.6 Å². The molecule has 1 aromatic heterocycles. The van der Waals surface area contributed by atoms with Crippen molar-refractivity contribution in [3.63, 3.8) is 0 Å². The van der Waals surface area contributed by atoms with Crippen LogP contribution < -0.4 is 9.64 Å². The first-order chi connectivity index (χ1) is 16.6. The normalized spacial score (nSPS) is 15.6. The molecule has 3 aromatic carbocycles. The van der Waals surface area contributed by atoms with Crippen LogP contribution in [0.5, 0.6) is 5.75 Å². The summed E-state index contributed by atoms with van der Waals surface area (Å²) in [7, 11) is 1.69. The molecule has 0 bridgehead atoms. The molecule has 1 atom stereocenters. The zero-order valence-electron chi connectivity index (χ0n) is 20.0. The van der Waals surface area contributed by atoms with E-state index in [2.05, 4.69) is 88.0 Å². The second-order valence-electron chi connectivity index (χ2n) is 9.09. The lowest BCUT2D eigenvalue weighted by molar-refractivity contribution is 0.110. The fourth-order valence-corrected chi connectivity index (χ4v) is 5.17. The largest absolute Gasteiger partial charge is 0.497 e. The van der Waals surface area contributed by atoms with Crippen molar-refractivity contribution in [3.8, 4) is 5.75 Å². The minimum atomic E-state index is -0.560. The summed E-state index contributed by atoms with van der Waals surface area (Å²) >= 11 is 0. The van der Waals surface area contributed by atoms with E-state index in [0.717, 1.165) is 60.6 Å². The number of piperazine rings is 1. The van der Waals surface area contributed by atoms with Gasteiger partial charge < -0.3 is 19.3 Å². The summed E-state index contributed by atoms with van der Waals surface area (Å²) in [5.74, 6) is 0.814. The smallest absolute Gasteiger partial charge is 0.119 e. The van der Waals surface area contributed by atoms with E-state index in [9.17, 15) is 5.11 Å². The van der Waals surface area contributed by atoms with Gasteiger partial charge in [0.1, 0.15) is 5.75 Å². The predicted octanol–water partition coefficient (Wildman–Crippen LogP) is 4.86. The van der Waals surface area contributed by atoms with E-state index in [0.29, 0.717) is 6.54 Å². The lowest BCUT2D eigenvalue weighted by Crippen LogP contribution is -2.47. The van der Waals surface area contributed by atoms with Crippen molar-refractivity contribution in [1.29, 1.82) is 0 Å². The van der Waals surface area contributed by atoms with Crippen LogP contribution in [0.1, 0.15) is 22.9 Å². The second-order valence-corrected chi connectivity index (χ2v) is 9.09. The number of anilines is 1. The first-order valence-electron chi connectivity index (χ1n) is 12.0. The number of aliphatic hydroxyl groups excluding tert-OH is 1. The zero-order chi connectivity index (χ0) is 23.5. The number of aromatic nitrogens is 1. The Labute approximate surface area is 201 Å². The summed E-state index contributed by atoms with van der Waals surface area (Å²) in [6.45, 7) is 7.36. The topological polar surface area (TPSA) is 40.9 Å². The van der Waals surface area contributed by atoms with Crippen LogP contribution in [0.25, 0.3) is 10.9 Å². The van der Waals surface area contributed by atoms with E-state index in [1.54, 1.807) is 7.11 Å². The van der Waals surface area contributed by atoms with Gasteiger partial charge in [-0.15, -0.1) is 0 Å². The van der Waals surface area contributed by atoms with Gasteiger partial charge in [0.15, 0.2) is 0 Å². The Hall–Kier alpha value is -3.28. The number of methoxy groups -OCH3 is 1. The summed E-state index contributed by atoms with van der Waals surface area (Å²) in [4.78, 5) is 4.80. The Kier molecular flexibility index (Phi) is 6.57. The lowest BCUT2D eigenvalue weighted by Gasteiger charge is -2.37. The molecule has 1 unspecified atom stereocenters. The third-order valence-corrected chi connectivity index (χ3v) is 7.02. The van der Waals surface area contributed by atoms with Gasteiger partial charge in [-0.25, -0.2) is 0 Å².